The molecular weight excluding hydrogens is 294 g/mol. The van der Waals surface area contributed by atoms with Gasteiger partial charge >= 0.3 is 0 Å². The van der Waals surface area contributed by atoms with Gasteiger partial charge in [0.05, 0.1) is 0 Å². The van der Waals surface area contributed by atoms with E-state index in [2.05, 4.69) is 77.6 Å². The number of ether oxygens (including phenoxy) is 1. The fraction of sp³-hybridized carbons (Fsp3) is 0.227. The Kier molecular flexibility index (Phi) is 4.28. The molecule has 120 valence electrons. The van der Waals surface area contributed by atoms with Crippen LogP contribution in [0.2, 0.25) is 0 Å². The van der Waals surface area contributed by atoms with Crippen LogP contribution in [0.4, 0.5) is 0 Å². The van der Waals surface area contributed by atoms with E-state index in [-0.39, 0.29) is 0 Å². The van der Waals surface area contributed by atoms with Crippen molar-refractivity contribution in [2.75, 3.05) is 0 Å². The lowest BCUT2D eigenvalue weighted by Gasteiger charge is -2.08. The molecule has 0 N–H and O–H groups in total. The van der Waals surface area contributed by atoms with Gasteiger partial charge in [-0.05, 0) is 30.4 Å². The van der Waals surface area contributed by atoms with Crippen molar-refractivity contribution in [3.05, 3.63) is 95.8 Å². The highest BCUT2D eigenvalue weighted by molar-refractivity contribution is 5.27. The van der Waals surface area contributed by atoms with Crippen LogP contribution < -0.4 is 9.30 Å². The molecule has 0 spiro atoms. The average molecular weight is 316 g/mol. The Hall–Kier alpha value is -2.61. The van der Waals surface area contributed by atoms with Gasteiger partial charge in [-0.1, -0.05) is 60.7 Å². The second kappa shape index (κ2) is 6.88. The van der Waals surface area contributed by atoms with Crippen molar-refractivity contribution in [3.8, 4) is 5.75 Å². The first-order valence-corrected chi connectivity index (χ1v) is 8.61. The van der Waals surface area contributed by atoms with Crippen LogP contribution in [0.3, 0.4) is 0 Å². The summed E-state index contributed by atoms with van der Waals surface area (Å²) in [6.07, 6.45) is 6.99. The predicted molar refractivity (Wildman–Crippen MR) is 94.9 cm³/mol. The Bertz CT molecular complexity index is 795. The normalized spacial score (nSPS) is 13.7. The Morgan fingerprint density at radius 3 is 2.17 bits per heavy atom. The van der Waals surface area contributed by atoms with E-state index in [0.29, 0.717) is 12.5 Å². The van der Waals surface area contributed by atoms with Crippen molar-refractivity contribution < 1.29 is 9.30 Å². The molecule has 2 aromatic carbocycles. The molecule has 2 nitrogen and oxygen atoms in total. The van der Waals surface area contributed by atoms with Crippen molar-refractivity contribution in [2.45, 2.75) is 31.9 Å². The molecule has 0 atom stereocenters. The zero-order valence-corrected chi connectivity index (χ0v) is 13.8. The fourth-order valence-corrected chi connectivity index (χ4v) is 2.98. The molecule has 1 fully saturated rings. The molecule has 0 unspecified atom stereocenters. The van der Waals surface area contributed by atoms with Gasteiger partial charge < -0.3 is 4.74 Å². The van der Waals surface area contributed by atoms with Crippen molar-refractivity contribution in [1.29, 1.82) is 0 Å². The third kappa shape index (κ3) is 3.83. The van der Waals surface area contributed by atoms with E-state index < -0.39 is 0 Å². The van der Waals surface area contributed by atoms with E-state index in [9.17, 15) is 0 Å². The number of aromatic nitrogens is 1. The molecule has 3 aromatic rings. The number of nitrogens with zero attached hydrogens (tertiary/aromatic N) is 1. The molecule has 2 heteroatoms. The van der Waals surface area contributed by atoms with Crippen LogP contribution in [0.5, 0.6) is 5.75 Å². The summed E-state index contributed by atoms with van der Waals surface area (Å²) in [5, 5.41) is 0. The maximum atomic E-state index is 6.07. The van der Waals surface area contributed by atoms with E-state index in [1.54, 1.807) is 0 Å². The average Bonchev–Trinajstić information content (AvgIpc) is 3.47. The van der Waals surface area contributed by atoms with E-state index in [4.69, 9.17) is 4.74 Å². The Labute approximate surface area is 143 Å². The lowest BCUT2D eigenvalue weighted by Crippen LogP contribution is -2.34. The van der Waals surface area contributed by atoms with Gasteiger partial charge in [0.25, 0.3) is 0 Å². The molecule has 0 aliphatic heterocycles. The SMILES string of the molecule is c1ccc(COc2cc(C3CC3)c[n+](Cc3ccccc3)c2)cc1. The smallest absolute Gasteiger partial charge is 0.211 e. The number of hydrogen-bond donors (Lipinski definition) is 0. The molecule has 1 aliphatic carbocycles. The summed E-state index contributed by atoms with van der Waals surface area (Å²) in [6, 6.07) is 23.1. The minimum absolute atomic E-state index is 0.611. The van der Waals surface area contributed by atoms with Gasteiger partial charge in [-0.15, -0.1) is 0 Å². The van der Waals surface area contributed by atoms with Crippen LogP contribution in [-0.2, 0) is 13.2 Å². The summed E-state index contributed by atoms with van der Waals surface area (Å²) < 4.78 is 8.32. The van der Waals surface area contributed by atoms with Gasteiger partial charge in [-0.2, -0.15) is 4.57 Å². The maximum absolute atomic E-state index is 6.07. The first kappa shape index (κ1) is 14.9. The van der Waals surface area contributed by atoms with Gasteiger partial charge in [-0.25, -0.2) is 0 Å². The molecular formula is C22H22NO+. The minimum atomic E-state index is 0.611. The zero-order chi connectivity index (χ0) is 16.2. The number of rotatable bonds is 6. The highest BCUT2D eigenvalue weighted by atomic mass is 16.5. The van der Waals surface area contributed by atoms with Crippen molar-refractivity contribution >= 4 is 0 Å². The van der Waals surface area contributed by atoms with E-state index in [1.165, 1.54) is 29.5 Å². The first-order valence-electron chi connectivity index (χ1n) is 8.61. The Balaban J connectivity index is 1.54. The summed E-state index contributed by atoms with van der Waals surface area (Å²) in [6.45, 7) is 1.49. The Morgan fingerprint density at radius 1 is 0.833 bits per heavy atom. The monoisotopic (exact) mass is 316 g/mol. The quantitative estimate of drug-likeness (QED) is 0.611. The Morgan fingerprint density at radius 2 is 1.50 bits per heavy atom. The van der Waals surface area contributed by atoms with Gasteiger partial charge in [0, 0.05) is 11.1 Å². The minimum Gasteiger partial charge on any atom is -0.483 e. The van der Waals surface area contributed by atoms with Crippen LogP contribution in [-0.4, -0.2) is 0 Å². The lowest BCUT2D eigenvalue weighted by atomic mass is 10.1. The molecule has 1 heterocycles. The van der Waals surface area contributed by atoms with Crippen molar-refractivity contribution in [3.63, 3.8) is 0 Å². The van der Waals surface area contributed by atoms with Crippen LogP contribution in [0, 0.1) is 0 Å². The van der Waals surface area contributed by atoms with Crippen molar-refractivity contribution in [2.24, 2.45) is 0 Å². The van der Waals surface area contributed by atoms with Gasteiger partial charge in [0.1, 0.15) is 6.61 Å². The summed E-state index contributed by atoms with van der Waals surface area (Å²) in [7, 11) is 0. The number of pyridine rings is 1. The highest BCUT2D eigenvalue weighted by Crippen LogP contribution is 2.40. The molecule has 4 rings (SSSR count). The second-order valence-corrected chi connectivity index (χ2v) is 6.51. The third-order valence-corrected chi connectivity index (χ3v) is 4.42. The van der Waals surface area contributed by atoms with Crippen LogP contribution >= 0.6 is 0 Å². The topological polar surface area (TPSA) is 13.1 Å². The fourth-order valence-electron chi connectivity index (χ4n) is 2.98. The molecule has 0 saturated heterocycles. The lowest BCUT2D eigenvalue weighted by molar-refractivity contribution is -0.689. The molecule has 0 radical (unpaired) electrons. The predicted octanol–water partition coefficient (Wildman–Crippen LogP) is 4.48. The molecule has 1 aromatic heterocycles. The summed E-state index contributed by atoms with van der Waals surface area (Å²) in [5.74, 6) is 1.67. The van der Waals surface area contributed by atoms with Gasteiger partial charge in [0.2, 0.25) is 6.20 Å². The molecule has 1 saturated carbocycles. The van der Waals surface area contributed by atoms with E-state index >= 15 is 0 Å². The third-order valence-electron chi connectivity index (χ3n) is 4.42. The summed E-state index contributed by atoms with van der Waals surface area (Å²) in [4.78, 5) is 0. The van der Waals surface area contributed by atoms with E-state index in [1.807, 2.05) is 6.07 Å². The number of hydrogen-bond acceptors (Lipinski definition) is 1. The molecule has 0 bridgehead atoms. The maximum Gasteiger partial charge on any atom is 0.211 e. The van der Waals surface area contributed by atoms with Crippen LogP contribution in [0.1, 0.15) is 35.4 Å². The standard InChI is InChI=1S/C22H22NO/c1-3-7-18(8-4-1)14-23-15-21(20-11-12-20)13-22(16-23)24-17-19-9-5-2-6-10-19/h1-10,13,15-16,20H,11-12,14,17H2/q+1. The van der Waals surface area contributed by atoms with Crippen LogP contribution in [0.25, 0.3) is 0 Å². The highest BCUT2D eigenvalue weighted by Gasteiger charge is 2.27. The molecule has 0 amide bonds. The largest absolute Gasteiger partial charge is 0.483 e. The molecule has 1 aliphatic rings. The van der Waals surface area contributed by atoms with Gasteiger partial charge in [-0.3, -0.25) is 0 Å². The summed E-state index contributed by atoms with van der Waals surface area (Å²) >= 11 is 0. The summed E-state index contributed by atoms with van der Waals surface area (Å²) in [5.41, 5.74) is 3.91. The zero-order valence-electron chi connectivity index (χ0n) is 13.8. The van der Waals surface area contributed by atoms with Crippen molar-refractivity contribution in [1.82, 2.24) is 0 Å². The van der Waals surface area contributed by atoms with Crippen LogP contribution in [0.15, 0.2) is 79.1 Å². The van der Waals surface area contributed by atoms with Gasteiger partial charge in [0.15, 0.2) is 18.5 Å². The number of benzene rings is 2. The first-order chi connectivity index (χ1) is 11.9. The molecule has 24 heavy (non-hydrogen) atoms. The van der Waals surface area contributed by atoms with E-state index in [0.717, 1.165) is 12.3 Å². The second-order valence-electron chi connectivity index (χ2n) is 6.51.